The zero-order valence-corrected chi connectivity index (χ0v) is 21.3. The summed E-state index contributed by atoms with van der Waals surface area (Å²) >= 11 is 0. The minimum Gasteiger partial charge on any atom is -0.466 e. The topological polar surface area (TPSA) is 104 Å². The monoisotopic (exact) mass is 484 g/mol. The molecule has 0 aromatic rings. The lowest BCUT2D eigenvalue weighted by Crippen LogP contribution is -2.27. The molecule has 0 amide bonds. The van der Waals surface area contributed by atoms with E-state index in [-0.39, 0.29) is 35.7 Å². The number of unbranched alkanes of at least 4 members (excludes halogenated alkanes) is 4. The SMILES string of the molecule is CCCCCC/C=C/[C@H]1[C@H](CS(C)(=O)=O)CC(=O)[C@@H]1C/C=C\CCC(OC(C)=O)C(=O)OC. The highest BCUT2D eigenvalue weighted by atomic mass is 32.2. The van der Waals surface area contributed by atoms with Gasteiger partial charge < -0.3 is 9.47 Å². The Kier molecular flexibility index (Phi) is 13.3. The summed E-state index contributed by atoms with van der Waals surface area (Å²) in [5, 5.41) is 0. The fourth-order valence-electron chi connectivity index (χ4n) is 4.34. The Morgan fingerprint density at radius 3 is 2.45 bits per heavy atom. The number of esters is 2. The molecule has 8 heteroatoms. The van der Waals surface area contributed by atoms with Gasteiger partial charge in [0.15, 0.2) is 6.10 Å². The van der Waals surface area contributed by atoms with E-state index >= 15 is 0 Å². The van der Waals surface area contributed by atoms with E-state index < -0.39 is 27.9 Å². The van der Waals surface area contributed by atoms with Crippen LogP contribution in [0, 0.1) is 17.8 Å². The van der Waals surface area contributed by atoms with Crippen LogP contribution in [0.2, 0.25) is 0 Å². The van der Waals surface area contributed by atoms with Crippen LogP contribution in [-0.4, -0.2) is 51.4 Å². The first-order valence-electron chi connectivity index (χ1n) is 11.9. The number of ether oxygens (including phenoxy) is 2. The third-order valence-electron chi connectivity index (χ3n) is 5.91. The number of allylic oxidation sites excluding steroid dienone is 4. The molecule has 0 heterocycles. The average molecular weight is 485 g/mol. The standard InChI is InChI=1S/C25H40O7S/c1-5-6-7-8-9-11-14-21-20(18-33(4,29)30)17-23(27)22(21)15-12-10-13-16-24(25(28)31-3)32-19(2)26/h10-12,14,20-22,24H,5-9,13,15-18H2,1-4H3/b12-10-,14-11+/t20-,21-,22+,24?/m0/s1. The maximum absolute atomic E-state index is 12.7. The molecule has 0 radical (unpaired) electrons. The molecular weight excluding hydrogens is 444 g/mol. The third kappa shape index (κ3) is 11.6. The number of hydrogen-bond acceptors (Lipinski definition) is 7. The van der Waals surface area contributed by atoms with Crippen LogP contribution in [0.1, 0.15) is 71.6 Å². The molecule has 0 saturated heterocycles. The molecule has 0 bridgehead atoms. The predicted octanol–water partition coefficient (Wildman–Crippen LogP) is 4.21. The van der Waals surface area contributed by atoms with Crippen LogP contribution in [0.5, 0.6) is 0 Å². The molecule has 0 aromatic carbocycles. The number of hydrogen-bond donors (Lipinski definition) is 0. The second-order valence-electron chi connectivity index (χ2n) is 8.89. The molecule has 4 atom stereocenters. The number of carbonyl (C=O) groups excluding carboxylic acids is 3. The van der Waals surface area contributed by atoms with Crippen molar-refractivity contribution in [1.82, 2.24) is 0 Å². The van der Waals surface area contributed by atoms with Crippen LogP contribution in [-0.2, 0) is 33.7 Å². The minimum absolute atomic E-state index is 0.0208. The molecule has 33 heavy (non-hydrogen) atoms. The number of methoxy groups -OCH3 is 1. The molecule has 1 rings (SSSR count). The van der Waals surface area contributed by atoms with Crippen molar-refractivity contribution in [1.29, 1.82) is 0 Å². The smallest absolute Gasteiger partial charge is 0.347 e. The first kappa shape index (κ1) is 29.1. The molecule has 1 fully saturated rings. The van der Waals surface area contributed by atoms with E-state index in [1.807, 2.05) is 12.2 Å². The predicted molar refractivity (Wildman–Crippen MR) is 128 cm³/mol. The maximum atomic E-state index is 12.7. The van der Waals surface area contributed by atoms with Crippen molar-refractivity contribution >= 4 is 27.6 Å². The maximum Gasteiger partial charge on any atom is 0.347 e. The summed E-state index contributed by atoms with van der Waals surface area (Å²) in [6.45, 7) is 3.40. The second-order valence-corrected chi connectivity index (χ2v) is 11.1. The molecule has 1 aliphatic carbocycles. The van der Waals surface area contributed by atoms with Crippen LogP contribution in [0.3, 0.4) is 0 Å². The fourth-order valence-corrected chi connectivity index (χ4v) is 5.45. The van der Waals surface area contributed by atoms with Gasteiger partial charge in [0.2, 0.25) is 0 Å². The normalized spacial score (nSPS) is 22.2. The highest BCUT2D eigenvalue weighted by molar-refractivity contribution is 7.90. The van der Waals surface area contributed by atoms with Crippen molar-refractivity contribution in [2.45, 2.75) is 77.7 Å². The molecule has 1 saturated carbocycles. The van der Waals surface area contributed by atoms with Crippen LogP contribution < -0.4 is 0 Å². The Morgan fingerprint density at radius 1 is 1.12 bits per heavy atom. The van der Waals surface area contributed by atoms with E-state index in [1.54, 1.807) is 0 Å². The molecule has 0 aromatic heterocycles. The Bertz CT molecular complexity index is 798. The summed E-state index contributed by atoms with van der Waals surface area (Å²) in [6, 6.07) is 0. The molecule has 188 valence electrons. The van der Waals surface area contributed by atoms with Gasteiger partial charge in [-0.05, 0) is 43.9 Å². The van der Waals surface area contributed by atoms with Gasteiger partial charge in [0.25, 0.3) is 0 Å². The molecule has 1 unspecified atom stereocenters. The van der Waals surface area contributed by atoms with Crippen molar-refractivity contribution in [3.63, 3.8) is 0 Å². The van der Waals surface area contributed by atoms with Gasteiger partial charge in [-0.1, -0.05) is 50.5 Å². The van der Waals surface area contributed by atoms with Gasteiger partial charge in [-0.25, -0.2) is 13.2 Å². The number of sulfone groups is 1. The Labute approximate surface area is 198 Å². The summed E-state index contributed by atoms with van der Waals surface area (Å²) in [5.74, 6) is -1.56. The third-order valence-corrected chi connectivity index (χ3v) is 6.94. The van der Waals surface area contributed by atoms with Crippen LogP contribution in [0.15, 0.2) is 24.3 Å². The first-order valence-corrected chi connectivity index (χ1v) is 13.9. The van der Waals surface area contributed by atoms with Gasteiger partial charge in [0.1, 0.15) is 15.6 Å². The quantitative estimate of drug-likeness (QED) is 0.195. The van der Waals surface area contributed by atoms with Gasteiger partial charge >= 0.3 is 11.9 Å². The van der Waals surface area contributed by atoms with Gasteiger partial charge in [-0.15, -0.1) is 0 Å². The lowest BCUT2D eigenvalue weighted by molar-refractivity contribution is -0.165. The van der Waals surface area contributed by atoms with Gasteiger partial charge in [-0.3, -0.25) is 9.59 Å². The van der Waals surface area contributed by atoms with Crippen molar-refractivity contribution in [2.24, 2.45) is 17.8 Å². The van der Waals surface area contributed by atoms with Crippen LogP contribution >= 0.6 is 0 Å². The summed E-state index contributed by atoms with van der Waals surface area (Å²) in [4.78, 5) is 35.6. The van der Waals surface area contributed by atoms with E-state index in [1.165, 1.54) is 39.6 Å². The number of Topliss-reactive ketones (excluding diaryl/α,β-unsaturated/α-hetero) is 1. The van der Waals surface area contributed by atoms with Crippen molar-refractivity contribution < 1.29 is 32.3 Å². The summed E-state index contributed by atoms with van der Waals surface area (Å²) < 4.78 is 33.4. The fraction of sp³-hybridized carbons (Fsp3) is 0.720. The zero-order chi connectivity index (χ0) is 24.9. The van der Waals surface area contributed by atoms with Crippen molar-refractivity contribution in [2.75, 3.05) is 19.1 Å². The van der Waals surface area contributed by atoms with E-state index in [9.17, 15) is 22.8 Å². The summed E-state index contributed by atoms with van der Waals surface area (Å²) in [7, 11) is -1.94. The highest BCUT2D eigenvalue weighted by Gasteiger charge is 2.41. The Balaban J connectivity index is 2.74. The van der Waals surface area contributed by atoms with Crippen LogP contribution in [0.4, 0.5) is 0 Å². The number of rotatable bonds is 15. The van der Waals surface area contributed by atoms with Gasteiger partial charge in [0.05, 0.1) is 12.9 Å². The lowest BCUT2D eigenvalue weighted by Gasteiger charge is -2.19. The van der Waals surface area contributed by atoms with Crippen LogP contribution in [0.25, 0.3) is 0 Å². The second kappa shape index (κ2) is 15.0. The number of ketones is 1. The van der Waals surface area contributed by atoms with Gasteiger partial charge in [0, 0.05) is 25.5 Å². The molecular formula is C25H40O7S. The van der Waals surface area contributed by atoms with E-state index in [4.69, 9.17) is 4.74 Å². The zero-order valence-electron chi connectivity index (χ0n) is 20.5. The minimum atomic E-state index is -3.18. The summed E-state index contributed by atoms with van der Waals surface area (Å²) in [6.07, 6.45) is 15.3. The Morgan fingerprint density at radius 2 is 1.85 bits per heavy atom. The average Bonchev–Trinajstić information content (AvgIpc) is 3.01. The largest absolute Gasteiger partial charge is 0.466 e. The van der Waals surface area contributed by atoms with E-state index in [0.29, 0.717) is 19.3 Å². The van der Waals surface area contributed by atoms with E-state index in [0.717, 1.165) is 12.8 Å². The molecule has 1 aliphatic rings. The molecule has 0 spiro atoms. The Hall–Kier alpha value is -1.96. The van der Waals surface area contributed by atoms with Crippen molar-refractivity contribution in [3.8, 4) is 0 Å². The molecule has 0 aliphatic heterocycles. The summed E-state index contributed by atoms with van der Waals surface area (Å²) in [5.41, 5.74) is 0. The first-order chi connectivity index (χ1) is 15.6. The highest BCUT2D eigenvalue weighted by Crippen LogP contribution is 2.38. The van der Waals surface area contributed by atoms with E-state index in [2.05, 4.69) is 23.8 Å². The molecule has 0 N–H and O–H groups in total. The molecule has 7 nitrogen and oxygen atoms in total. The van der Waals surface area contributed by atoms with Crippen molar-refractivity contribution in [3.05, 3.63) is 24.3 Å². The number of carbonyl (C=O) groups is 3. The van der Waals surface area contributed by atoms with Gasteiger partial charge in [-0.2, -0.15) is 0 Å². The lowest BCUT2D eigenvalue weighted by atomic mass is 9.87.